The SMILES string of the molecule is CNc1c(C(=O)N2CC(C)C(C)C2)cccc1C(F)(F)F. The number of hydrogen-bond donors (Lipinski definition) is 1. The molecular formula is C15H19F3N2O. The molecule has 0 bridgehead atoms. The molecule has 0 aliphatic carbocycles. The lowest BCUT2D eigenvalue weighted by Crippen LogP contribution is -2.30. The van der Waals surface area contributed by atoms with Crippen molar-refractivity contribution in [3.8, 4) is 0 Å². The van der Waals surface area contributed by atoms with E-state index in [0.29, 0.717) is 24.9 Å². The first-order valence-corrected chi connectivity index (χ1v) is 6.93. The molecule has 2 atom stereocenters. The predicted octanol–water partition coefficient (Wildman–Crippen LogP) is 3.48. The highest BCUT2D eigenvalue weighted by molar-refractivity contribution is 6.00. The first-order valence-electron chi connectivity index (χ1n) is 6.93. The van der Waals surface area contributed by atoms with Gasteiger partial charge < -0.3 is 10.2 Å². The normalized spacial score (nSPS) is 22.5. The summed E-state index contributed by atoms with van der Waals surface area (Å²) in [4.78, 5) is 14.1. The third-order valence-corrected chi connectivity index (χ3v) is 4.13. The van der Waals surface area contributed by atoms with Gasteiger partial charge in [0.2, 0.25) is 0 Å². The third-order valence-electron chi connectivity index (χ3n) is 4.13. The van der Waals surface area contributed by atoms with Gasteiger partial charge in [-0.2, -0.15) is 13.2 Å². The molecule has 1 amide bonds. The Balaban J connectivity index is 2.38. The number of anilines is 1. The fraction of sp³-hybridized carbons (Fsp3) is 0.533. The number of para-hydroxylation sites is 1. The molecule has 3 nitrogen and oxygen atoms in total. The number of halogens is 3. The van der Waals surface area contributed by atoms with Gasteiger partial charge in [0.1, 0.15) is 0 Å². The lowest BCUT2D eigenvalue weighted by molar-refractivity contribution is -0.136. The molecule has 2 unspecified atom stereocenters. The molecule has 116 valence electrons. The lowest BCUT2D eigenvalue weighted by Gasteiger charge is -2.20. The van der Waals surface area contributed by atoms with Crippen molar-refractivity contribution in [1.29, 1.82) is 0 Å². The summed E-state index contributed by atoms with van der Waals surface area (Å²) in [5, 5.41) is 2.53. The number of benzene rings is 1. The molecule has 0 spiro atoms. The lowest BCUT2D eigenvalue weighted by atomic mass is 10.0. The van der Waals surface area contributed by atoms with Gasteiger partial charge >= 0.3 is 6.18 Å². The van der Waals surface area contributed by atoms with Crippen LogP contribution in [0.1, 0.15) is 29.8 Å². The molecule has 1 heterocycles. The van der Waals surface area contributed by atoms with Crippen LogP contribution in [0.15, 0.2) is 18.2 Å². The molecular weight excluding hydrogens is 281 g/mol. The Morgan fingerprint density at radius 1 is 1.24 bits per heavy atom. The van der Waals surface area contributed by atoms with Gasteiger partial charge in [-0.1, -0.05) is 19.9 Å². The number of amides is 1. The second-order valence-electron chi connectivity index (χ2n) is 5.64. The molecule has 1 aromatic carbocycles. The van der Waals surface area contributed by atoms with Crippen molar-refractivity contribution >= 4 is 11.6 Å². The molecule has 21 heavy (non-hydrogen) atoms. The molecule has 2 rings (SSSR count). The van der Waals surface area contributed by atoms with E-state index < -0.39 is 11.7 Å². The standard InChI is InChI=1S/C15H19F3N2O/c1-9-7-20(8-10(9)2)14(21)11-5-4-6-12(13(11)19-3)15(16,17)18/h4-6,9-10,19H,7-8H2,1-3H3. The zero-order valence-electron chi connectivity index (χ0n) is 12.3. The minimum absolute atomic E-state index is 0.0774. The molecule has 6 heteroatoms. The average molecular weight is 300 g/mol. The Hall–Kier alpha value is -1.72. The van der Waals surface area contributed by atoms with Gasteiger partial charge in [-0.15, -0.1) is 0 Å². The molecule has 1 N–H and O–H groups in total. The summed E-state index contributed by atoms with van der Waals surface area (Å²) in [6, 6.07) is 3.70. The summed E-state index contributed by atoms with van der Waals surface area (Å²) in [6.45, 7) is 5.25. The second kappa shape index (κ2) is 5.58. The summed E-state index contributed by atoms with van der Waals surface area (Å²) in [7, 11) is 1.40. The van der Waals surface area contributed by atoms with Crippen LogP contribution in [0.2, 0.25) is 0 Å². The van der Waals surface area contributed by atoms with E-state index in [1.807, 2.05) is 13.8 Å². The fourth-order valence-electron chi connectivity index (χ4n) is 2.70. The second-order valence-corrected chi connectivity index (χ2v) is 5.64. The summed E-state index contributed by atoms with van der Waals surface area (Å²) >= 11 is 0. The summed E-state index contributed by atoms with van der Waals surface area (Å²) in [6.07, 6.45) is -4.49. The van der Waals surface area contributed by atoms with Crippen LogP contribution in [0.25, 0.3) is 0 Å². The zero-order valence-corrected chi connectivity index (χ0v) is 12.3. The van der Waals surface area contributed by atoms with E-state index in [-0.39, 0.29) is 17.2 Å². The van der Waals surface area contributed by atoms with Gasteiger partial charge in [-0.25, -0.2) is 0 Å². The maximum atomic E-state index is 13.0. The van der Waals surface area contributed by atoms with Gasteiger partial charge in [0.25, 0.3) is 5.91 Å². The van der Waals surface area contributed by atoms with Crippen LogP contribution < -0.4 is 5.32 Å². The number of rotatable bonds is 2. The van der Waals surface area contributed by atoms with Crippen LogP contribution in [-0.2, 0) is 6.18 Å². The average Bonchev–Trinajstić information content (AvgIpc) is 2.76. The van der Waals surface area contributed by atoms with Gasteiger partial charge in [0.15, 0.2) is 0 Å². The first kappa shape index (κ1) is 15.7. The molecule has 0 saturated carbocycles. The van der Waals surface area contributed by atoms with E-state index in [1.165, 1.54) is 19.2 Å². The van der Waals surface area contributed by atoms with Crippen LogP contribution in [0.4, 0.5) is 18.9 Å². The number of nitrogens with zero attached hydrogens (tertiary/aromatic N) is 1. The maximum Gasteiger partial charge on any atom is 0.418 e. The van der Waals surface area contributed by atoms with Crippen molar-refractivity contribution < 1.29 is 18.0 Å². The van der Waals surface area contributed by atoms with E-state index in [9.17, 15) is 18.0 Å². The molecule has 1 aliphatic heterocycles. The van der Waals surface area contributed by atoms with Crippen LogP contribution >= 0.6 is 0 Å². The molecule has 1 fully saturated rings. The predicted molar refractivity (Wildman–Crippen MR) is 75.2 cm³/mol. The molecule has 1 aromatic rings. The van der Waals surface area contributed by atoms with Crippen LogP contribution in [0.3, 0.4) is 0 Å². The number of nitrogens with one attached hydrogen (secondary N) is 1. The monoisotopic (exact) mass is 300 g/mol. The fourth-order valence-corrected chi connectivity index (χ4v) is 2.70. The van der Waals surface area contributed by atoms with Gasteiger partial charge in [0, 0.05) is 20.1 Å². The Morgan fingerprint density at radius 2 is 1.81 bits per heavy atom. The van der Waals surface area contributed by atoms with Crippen molar-refractivity contribution in [3.63, 3.8) is 0 Å². The Labute approximate surface area is 122 Å². The Morgan fingerprint density at radius 3 is 2.29 bits per heavy atom. The molecule has 0 radical (unpaired) electrons. The van der Waals surface area contributed by atoms with Crippen LogP contribution in [0, 0.1) is 11.8 Å². The van der Waals surface area contributed by atoms with Gasteiger partial charge in [-0.3, -0.25) is 4.79 Å². The quantitative estimate of drug-likeness (QED) is 0.907. The van der Waals surface area contributed by atoms with E-state index in [4.69, 9.17) is 0 Å². The highest BCUT2D eigenvalue weighted by Crippen LogP contribution is 2.37. The topological polar surface area (TPSA) is 32.3 Å². The van der Waals surface area contributed by atoms with Gasteiger partial charge in [0.05, 0.1) is 16.8 Å². The zero-order chi connectivity index (χ0) is 15.8. The molecule has 1 saturated heterocycles. The van der Waals surface area contributed by atoms with Gasteiger partial charge in [-0.05, 0) is 24.0 Å². The maximum absolute atomic E-state index is 13.0. The molecule has 0 aromatic heterocycles. The van der Waals surface area contributed by atoms with Crippen LogP contribution in [0.5, 0.6) is 0 Å². The van der Waals surface area contributed by atoms with Crippen molar-refractivity contribution in [1.82, 2.24) is 4.90 Å². The van der Waals surface area contributed by atoms with E-state index in [1.54, 1.807) is 4.90 Å². The van der Waals surface area contributed by atoms with Crippen molar-refractivity contribution in [3.05, 3.63) is 29.3 Å². The van der Waals surface area contributed by atoms with E-state index >= 15 is 0 Å². The summed E-state index contributed by atoms with van der Waals surface area (Å²) in [5.41, 5.74) is -0.882. The van der Waals surface area contributed by atoms with Crippen molar-refractivity contribution in [2.75, 3.05) is 25.5 Å². The number of likely N-dealkylation sites (tertiary alicyclic amines) is 1. The Kier molecular flexibility index (Phi) is 4.16. The first-order chi connectivity index (χ1) is 9.75. The highest BCUT2D eigenvalue weighted by atomic mass is 19.4. The van der Waals surface area contributed by atoms with Crippen molar-refractivity contribution in [2.24, 2.45) is 11.8 Å². The summed E-state index contributed by atoms with van der Waals surface area (Å²) in [5.74, 6) is 0.372. The highest BCUT2D eigenvalue weighted by Gasteiger charge is 2.36. The largest absolute Gasteiger partial charge is 0.418 e. The number of alkyl halides is 3. The Bertz CT molecular complexity index is 532. The number of carbonyl (C=O) groups is 1. The number of hydrogen-bond acceptors (Lipinski definition) is 2. The molecule has 1 aliphatic rings. The van der Waals surface area contributed by atoms with E-state index in [2.05, 4.69) is 5.32 Å². The minimum atomic E-state index is -4.49. The minimum Gasteiger partial charge on any atom is -0.387 e. The third kappa shape index (κ3) is 2.99. The van der Waals surface area contributed by atoms with Crippen molar-refractivity contribution in [2.45, 2.75) is 20.0 Å². The van der Waals surface area contributed by atoms with E-state index in [0.717, 1.165) is 6.07 Å². The van der Waals surface area contributed by atoms with Crippen LogP contribution in [-0.4, -0.2) is 30.9 Å². The smallest absolute Gasteiger partial charge is 0.387 e. The summed E-state index contributed by atoms with van der Waals surface area (Å²) < 4.78 is 39.0. The number of carbonyl (C=O) groups excluding carboxylic acids is 1.